The number of nitrogens with zero attached hydrogens (tertiary/aromatic N) is 1. The molecule has 0 radical (unpaired) electrons. The van der Waals surface area contributed by atoms with Crippen LogP contribution >= 0.6 is 11.8 Å². The Balaban J connectivity index is 1.85. The van der Waals surface area contributed by atoms with Crippen molar-refractivity contribution in [3.8, 4) is 5.75 Å². The number of methoxy groups -OCH3 is 1. The SMILES string of the molecule is CCNC(=NCC1(SC)CCOCC1)NCCC(C)c1ccc(OC)cc1. The smallest absolute Gasteiger partial charge is 0.191 e. The molecule has 1 aromatic carbocycles. The lowest BCUT2D eigenvalue weighted by atomic mass is 9.98. The van der Waals surface area contributed by atoms with Gasteiger partial charge < -0.3 is 20.1 Å². The van der Waals surface area contributed by atoms with Crippen LogP contribution in [0, 0.1) is 0 Å². The summed E-state index contributed by atoms with van der Waals surface area (Å²) >= 11 is 1.93. The molecule has 1 atom stereocenters. The average molecular weight is 394 g/mol. The van der Waals surface area contributed by atoms with E-state index in [2.05, 4.69) is 42.9 Å². The molecule has 27 heavy (non-hydrogen) atoms. The molecule has 0 aliphatic carbocycles. The lowest BCUT2D eigenvalue weighted by Gasteiger charge is -2.34. The molecular formula is C21H35N3O2S. The molecule has 1 heterocycles. The van der Waals surface area contributed by atoms with Crippen molar-refractivity contribution < 1.29 is 9.47 Å². The van der Waals surface area contributed by atoms with Crippen LogP contribution in [0.2, 0.25) is 0 Å². The first-order chi connectivity index (χ1) is 13.1. The van der Waals surface area contributed by atoms with E-state index < -0.39 is 0 Å². The maximum Gasteiger partial charge on any atom is 0.191 e. The van der Waals surface area contributed by atoms with Gasteiger partial charge in [-0.3, -0.25) is 4.99 Å². The summed E-state index contributed by atoms with van der Waals surface area (Å²) in [6, 6.07) is 8.35. The predicted molar refractivity (Wildman–Crippen MR) is 116 cm³/mol. The van der Waals surface area contributed by atoms with Crippen LogP contribution in [0.3, 0.4) is 0 Å². The van der Waals surface area contributed by atoms with Gasteiger partial charge in [0.1, 0.15) is 5.75 Å². The van der Waals surface area contributed by atoms with Gasteiger partial charge in [0.05, 0.1) is 13.7 Å². The third-order valence-corrected chi connectivity index (χ3v) is 6.66. The van der Waals surface area contributed by atoms with Crippen molar-refractivity contribution in [3.63, 3.8) is 0 Å². The Morgan fingerprint density at radius 1 is 1.26 bits per heavy atom. The molecule has 6 heteroatoms. The van der Waals surface area contributed by atoms with Gasteiger partial charge in [-0.2, -0.15) is 11.8 Å². The Bertz CT molecular complexity index is 571. The molecule has 1 saturated heterocycles. The van der Waals surface area contributed by atoms with Crippen LogP contribution in [0.1, 0.15) is 44.6 Å². The number of aliphatic imine (C=N–C) groups is 1. The molecule has 0 amide bonds. The van der Waals surface area contributed by atoms with Gasteiger partial charge >= 0.3 is 0 Å². The molecule has 1 unspecified atom stereocenters. The zero-order chi connectivity index (χ0) is 19.5. The summed E-state index contributed by atoms with van der Waals surface area (Å²) < 4.78 is 11.0. The van der Waals surface area contributed by atoms with Crippen molar-refractivity contribution in [1.82, 2.24) is 10.6 Å². The van der Waals surface area contributed by atoms with E-state index in [1.165, 1.54) is 5.56 Å². The largest absolute Gasteiger partial charge is 0.497 e. The molecule has 2 N–H and O–H groups in total. The van der Waals surface area contributed by atoms with Gasteiger partial charge in [-0.15, -0.1) is 0 Å². The lowest BCUT2D eigenvalue weighted by Crippen LogP contribution is -2.41. The van der Waals surface area contributed by atoms with Gasteiger partial charge in [-0.1, -0.05) is 19.1 Å². The second-order valence-electron chi connectivity index (χ2n) is 7.08. The number of ether oxygens (including phenoxy) is 2. The molecule has 0 aromatic heterocycles. The van der Waals surface area contributed by atoms with E-state index in [9.17, 15) is 0 Å². The van der Waals surface area contributed by atoms with E-state index in [0.717, 1.165) is 63.8 Å². The van der Waals surface area contributed by atoms with Crippen molar-refractivity contribution in [1.29, 1.82) is 0 Å². The molecule has 2 rings (SSSR count). The van der Waals surface area contributed by atoms with Crippen LogP contribution in [0.5, 0.6) is 5.75 Å². The molecule has 0 bridgehead atoms. The van der Waals surface area contributed by atoms with Crippen molar-refractivity contribution in [2.45, 2.75) is 43.8 Å². The Morgan fingerprint density at radius 3 is 2.56 bits per heavy atom. The molecule has 0 saturated carbocycles. The number of hydrogen-bond donors (Lipinski definition) is 2. The molecule has 1 aliphatic heterocycles. The lowest BCUT2D eigenvalue weighted by molar-refractivity contribution is 0.0794. The summed E-state index contributed by atoms with van der Waals surface area (Å²) in [5.74, 6) is 2.31. The fourth-order valence-electron chi connectivity index (χ4n) is 3.24. The first-order valence-electron chi connectivity index (χ1n) is 9.91. The fraction of sp³-hybridized carbons (Fsp3) is 0.667. The third kappa shape index (κ3) is 6.92. The van der Waals surface area contributed by atoms with Gasteiger partial charge in [0.25, 0.3) is 0 Å². The minimum atomic E-state index is 0.219. The van der Waals surface area contributed by atoms with E-state index in [4.69, 9.17) is 14.5 Å². The van der Waals surface area contributed by atoms with Gasteiger partial charge in [0, 0.05) is 31.1 Å². The Labute approximate surface area is 168 Å². The highest BCUT2D eigenvalue weighted by Gasteiger charge is 2.31. The van der Waals surface area contributed by atoms with Crippen molar-refractivity contribution in [3.05, 3.63) is 29.8 Å². The molecule has 1 aromatic rings. The second-order valence-corrected chi connectivity index (χ2v) is 8.36. The van der Waals surface area contributed by atoms with Gasteiger partial charge in [0.15, 0.2) is 5.96 Å². The van der Waals surface area contributed by atoms with E-state index >= 15 is 0 Å². The number of rotatable bonds is 9. The number of thioether (sulfide) groups is 1. The minimum absolute atomic E-state index is 0.219. The van der Waals surface area contributed by atoms with E-state index in [1.807, 2.05) is 23.9 Å². The normalized spacial score (nSPS) is 18.0. The topological polar surface area (TPSA) is 54.9 Å². The fourth-order valence-corrected chi connectivity index (χ4v) is 4.01. The van der Waals surface area contributed by atoms with Crippen LogP contribution in [0.4, 0.5) is 0 Å². The average Bonchev–Trinajstić information content (AvgIpc) is 2.72. The molecule has 5 nitrogen and oxygen atoms in total. The van der Waals surface area contributed by atoms with Crippen molar-refractivity contribution >= 4 is 17.7 Å². The minimum Gasteiger partial charge on any atom is -0.497 e. The highest BCUT2D eigenvalue weighted by atomic mass is 32.2. The van der Waals surface area contributed by atoms with E-state index in [0.29, 0.717) is 5.92 Å². The van der Waals surface area contributed by atoms with Crippen molar-refractivity contribution in [2.75, 3.05) is 46.2 Å². The summed E-state index contributed by atoms with van der Waals surface area (Å²) in [6.07, 6.45) is 5.40. The van der Waals surface area contributed by atoms with Gasteiger partial charge in [-0.05, 0) is 56.1 Å². The van der Waals surface area contributed by atoms with Crippen LogP contribution in [0.15, 0.2) is 29.3 Å². The quantitative estimate of drug-likeness (QED) is 0.495. The highest BCUT2D eigenvalue weighted by Crippen LogP contribution is 2.34. The molecule has 0 spiro atoms. The molecule has 152 valence electrons. The molecular weight excluding hydrogens is 358 g/mol. The predicted octanol–water partition coefficient (Wildman–Crippen LogP) is 3.66. The highest BCUT2D eigenvalue weighted by molar-refractivity contribution is 8.00. The maximum absolute atomic E-state index is 5.53. The van der Waals surface area contributed by atoms with Gasteiger partial charge in [0.2, 0.25) is 0 Å². The molecule has 1 aliphatic rings. The summed E-state index contributed by atoms with van der Waals surface area (Å²) in [6.45, 7) is 8.66. The second kappa shape index (κ2) is 11.4. The first-order valence-corrected chi connectivity index (χ1v) is 11.1. The third-order valence-electron chi connectivity index (χ3n) is 5.26. The van der Waals surface area contributed by atoms with Crippen molar-refractivity contribution in [2.24, 2.45) is 4.99 Å². The standard InChI is InChI=1S/C21H35N3O2S/c1-5-22-20(24-16-21(27-4)11-14-26-15-12-21)23-13-10-17(2)18-6-8-19(25-3)9-7-18/h6-9,17H,5,10-16H2,1-4H3,(H2,22,23,24). The van der Waals surface area contributed by atoms with Crippen LogP contribution in [-0.4, -0.2) is 56.9 Å². The number of benzene rings is 1. The monoisotopic (exact) mass is 393 g/mol. The first kappa shape index (κ1) is 21.9. The Morgan fingerprint density at radius 2 is 1.96 bits per heavy atom. The Hall–Kier alpha value is -1.40. The summed E-state index contributed by atoms with van der Waals surface area (Å²) in [5.41, 5.74) is 1.34. The molecule has 1 fully saturated rings. The van der Waals surface area contributed by atoms with Crippen LogP contribution < -0.4 is 15.4 Å². The zero-order valence-electron chi connectivity index (χ0n) is 17.2. The zero-order valence-corrected chi connectivity index (χ0v) is 18.0. The van der Waals surface area contributed by atoms with Crippen LogP contribution in [-0.2, 0) is 4.74 Å². The Kier molecular flexibility index (Phi) is 9.28. The van der Waals surface area contributed by atoms with E-state index in [-0.39, 0.29) is 4.75 Å². The summed E-state index contributed by atoms with van der Waals surface area (Å²) in [5, 5.41) is 6.87. The summed E-state index contributed by atoms with van der Waals surface area (Å²) in [7, 11) is 1.70. The van der Waals surface area contributed by atoms with Gasteiger partial charge in [-0.25, -0.2) is 0 Å². The number of guanidine groups is 1. The van der Waals surface area contributed by atoms with E-state index in [1.54, 1.807) is 7.11 Å². The van der Waals surface area contributed by atoms with Crippen LogP contribution in [0.25, 0.3) is 0 Å². The maximum atomic E-state index is 5.53. The number of hydrogen-bond acceptors (Lipinski definition) is 4. The summed E-state index contributed by atoms with van der Waals surface area (Å²) in [4.78, 5) is 4.87. The number of nitrogens with one attached hydrogen (secondary N) is 2.